The fourth-order valence-corrected chi connectivity index (χ4v) is 2.47. The van der Waals surface area contributed by atoms with Crippen molar-refractivity contribution >= 4 is 5.78 Å². The van der Waals surface area contributed by atoms with Crippen LogP contribution < -0.4 is 0 Å². The zero-order valence-electron chi connectivity index (χ0n) is 7.49. The number of carbonyl (C=O) groups excluding carboxylic acids is 1. The summed E-state index contributed by atoms with van der Waals surface area (Å²) in [4.78, 5) is 11.7. The third-order valence-corrected chi connectivity index (χ3v) is 3.33. The van der Waals surface area contributed by atoms with Crippen molar-refractivity contribution in [3.05, 3.63) is 35.4 Å². The van der Waals surface area contributed by atoms with Gasteiger partial charge < -0.3 is 0 Å². The quantitative estimate of drug-likeness (QED) is 0.588. The number of fused-ring (bicyclic) bond motifs is 3. The second-order valence-corrected chi connectivity index (χ2v) is 4.15. The zero-order valence-corrected chi connectivity index (χ0v) is 7.49. The molecule has 0 amide bonds. The maximum absolute atomic E-state index is 11.7. The second kappa shape index (κ2) is 2.44. The molecule has 1 aromatic rings. The highest BCUT2D eigenvalue weighted by Gasteiger charge is 2.41. The van der Waals surface area contributed by atoms with Crippen LogP contribution in [0.25, 0.3) is 0 Å². The molecule has 2 aliphatic carbocycles. The molecule has 0 unspecified atom stereocenters. The van der Waals surface area contributed by atoms with Crippen LogP contribution >= 0.6 is 0 Å². The molecule has 0 bridgehead atoms. The minimum absolute atomic E-state index is 0.350. The standard InChI is InChI=1S/C12H12O/c13-12-6-5-8-7-11(8)9-3-1-2-4-10(9)12/h1-4,8,11H,5-7H2/t8-,11-/m1/s1. The number of hydrogen-bond acceptors (Lipinski definition) is 1. The molecular formula is C12H12O. The van der Waals surface area contributed by atoms with Gasteiger partial charge in [0.15, 0.2) is 5.78 Å². The van der Waals surface area contributed by atoms with Crippen LogP contribution in [0.5, 0.6) is 0 Å². The van der Waals surface area contributed by atoms with Crippen molar-refractivity contribution in [3.8, 4) is 0 Å². The van der Waals surface area contributed by atoms with Gasteiger partial charge in [0.2, 0.25) is 0 Å². The lowest BCUT2D eigenvalue weighted by Crippen LogP contribution is -2.00. The molecule has 1 nitrogen and oxygen atoms in total. The molecule has 0 saturated heterocycles. The molecule has 1 fully saturated rings. The van der Waals surface area contributed by atoms with E-state index in [1.165, 1.54) is 12.0 Å². The van der Waals surface area contributed by atoms with Crippen LogP contribution in [0, 0.1) is 5.92 Å². The monoisotopic (exact) mass is 172 g/mol. The van der Waals surface area contributed by atoms with Gasteiger partial charge in [-0.1, -0.05) is 24.3 Å². The third kappa shape index (κ3) is 1.03. The van der Waals surface area contributed by atoms with Crippen molar-refractivity contribution < 1.29 is 4.79 Å². The van der Waals surface area contributed by atoms with Crippen LogP contribution in [0.2, 0.25) is 0 Å². The van der Waals surface area contributed by atoms with Crippen molar-refractivity contribution in [3.63, 3.8) is 0 Å². The van der Waals surface area contributed by atoms with Crippen LogP contribution in [-0.2, 0) is 0 Å². The number of rotatable bonds is 0. The van der Waals surface area contributed by atoms with Gasteiger partial charge >= 0.3 is 0 Å². The maximum atomic E-state index is 11.7. The van der Waals surface area contributed by atoms with E-state index in [4.69, 9.17) is 0 Å². The van der Waals surface area contributed by atoms with Crippen molar-refractivity contribution in [2.24, 2.45) is 5.92 Å². The molecule has 0 N–H and O–H groups in total. The van der Waals surface area contributed by atoms with Crippen molar-refractivity contribution in [1.29, 1.82) is 0 Å². The molecule has 0 aromatic heterocycles. The lowest BCUT2D eigenvalue weighted by Gasteiger charge is -2.03. The highest BCUT2D eigenvalue weighted by Crippen LogP contribution is 2.53. The minimum Gasteiger partial charge on any atom is -0.294 e. The average molecular weight is 172 g/mol. The van der Waals surface area contributed by atoms with Crippen molar-refractivity contribution in [1.82, 2.24) is 0 Å². The van der Waals surface area contributed by atoms with Gasteiger partial charge in [0.1, 0.15) is 0 Å². The Morgan fingerprint density at radius 1 is 1.23 bits per heavy atom. The molecule has 0 aliphatic heterocycles. The highest BCUT2D eigenvalue weighted by atomic mass is 16.1. The van der Waals surface area contributed by atoms with Gasteiger partial charge in [-0.3, -0.25) is 4.79 Å². The van der Waals surface area contributed by atoms with Crippen LogP contribution in [-0.4, -0.2) is 5.78 Å². The predicted molar refractivity (Wildman–Crippen MR) is 50.9 cm³/mol. The first-order chi connectivity index (χ1) is 6.36. The van der Waals surface area contributed by atoms with Gasteiger partial charge in [-0.25, -0.2) is 0 Å². The van der Waals surface area contributed by atoms with E-state index in [1.54, 1.807) is 0 Å². The van der Waals surface area contributed by atoms with Gasteiger partial charge in [0, 0.05) is 12.0 Å². The van der Waals surface area contributed by atoms with E-state index < -0.39 is 0 Å². The Kier molecular flexibility index (Phi) is 1.37. The first kappa shape index (κ1) is 7.31. The first-order valence-electron chi connectivity index (χ1n) is 4.98. The molecule has 2 atom stereocenters. The Labute approximate surface area is 77.8 Å². The fourth-order valence-electron chi connectivity index (χ4n) is 2.47. The summed E-state index contributed by atoms with van der Waals surface area (Å²) in [5.41, 5.74) is 2.31. The van der Waals surface area contributed by atoms with E-state index in [0.717, 1.165) is 24.3 Å². The van der Waals surface area contributed by atoms with E-state index in [1.807, 2.05) is 18.2 Å². The number of Topliss-reactive ketones (excluding diaryl/α,β-unsaturated/α-hetero) is 1. The normalized spacial score (nSPS) is 30.3. The lowest BCUT2D eigenvalue weighted by molar-refractivity contribution is 0.0980. The third-order valence-electron chi connectivity index (χ3n) is 3.33. The molecule has 0 heterocycles. The molecule has 2 aliphatic rings. The SMILES string of the molecule is O=C1CC[C@@H]2C[C@H]2c2ccccc21. The van der Waals surface area contributed by atoms with E-state index in [2.05, 4.69) is 6.07 Å². The molecule has 13 heavy (non-hydrogen) atoms. The number of benzene rings is 1. The summed E-state index contributed by atoms with van der Waals surface area (Å²) >= 11 is 0. The van der Waals surface area contributed by atoms with Gasteiger partial charge in [-0.2, -0.15) is 0 Å². The molecule has 0 radical (unpaired) electrons. The Bertz CT molecular complexity index is 367. The Balaban J connectivity index is 2.15. The first-order valence-corrected chi connectivity index (χ1v) is 4.98. The van der Waals surface area contributed by atoms with Crippen LogP contribution in [0.3, 0.4) is 0 Å². The van der Waals surface area contributed by atoms with Gasteiger partial charge in [-0.15, -0.1) is 0 Å². The van der Waals surface area contributed by atoms with Gasteiger partial charge in [0.25, 0.3) is 0 Å². The molecule has 3 rings (SSSR count). The van der Waals surface area contributed by atoms with E-state index in [0.29, 0.717) is 11.7 Å². The van der Waals surface area contributed by atoms with Gasteiger partial charge in [-0.05, 0) is 30.2 Å². The number of hydrogen-bond donors (Lipinski definition) is 0. The Hall–Kier alpha value is -1.11. The molecular weight excluding hydrogens is 160 g/mol. The van der Waals surface area contributed by atoms with E-state index in [9.17, 15) is 4.79 Å². The number of ketones is 1. The summed E-state index contributed by atoms with van der Waals surface area (Å²) < 4.78 is 0. The zero-order chi connectivity index (χ0) is 8.84. The topological polar surface area (TPSA) is 17.1 Å². The van der Waals surface area contributed by atoms with Crippen molar-refractivity contribution in [2.75, 3.05) is 0 Å². The Morgan fingerprint density at radius 3 is 3.00 bits per heavy atom. The average Bonchev–Trinajstić information content (AvgIpc) is 2.92. The summed E-state index contributed by atoms with van der Waals surface area (Å²) in [6.07, 6.45) is 3.18. The minimum atomic E-state index is 0.350. The summed E-state index contributed by atoms with van der Waals surface area (Å²) in [6.45, 7) is 0. The molecule has 1 aromatic carbocycles. The summed E-state index contributed by atoms with van der Waals surface area (Å²) in [7, 11) is 0. The molecule has 1 saturated carbocycles. The summed E-state index contributed by atoms with van der Waals surface area (Å²) in [5, 5.41) is 0. The fraction of sp³-hybridized carbons (Fsp3) is 0.417. The molecule has 1 heteroatoms. The smallest absolute Gasteiger partial charge is 0.163 e. The van der Waals surface area contributed by atoms with Gasteiger partial charge in [0.05, 0.1) is 0 Å². The van der Waals surface area contributed by atoms with Crippen LogP contribution in [0.1, 0.15) is 41.1 Å². The van der Waals surface area contributed by atoms with E-state index in [-0.39, 0.29) is 0 Å². The second-order valence-electron chi connectivity index (χ2n) is 4.15. The summed E-state index contributed by atoms with van der Waals surface area (Å²) in [5.74, 6) is 1.87. The maximum Gasteiger partial charge on any atom is 0.163 e. The molecule has 0 spiro atoms. The van der Waals surface area contributed by atoms with Crippen LogP contribution in [0.4, 0.5) is 0 Å². The lowest BCUT2D eigenvalue weighted by atomic mass is 10.0. The highest BCUT2D eigenvalue weighted by molar-refractivity contribution is 5.98. The predicted octanol–water partition coefficient (Wildman–Crippen LogP) is 2.77. The molecule has 66 valence electrons. The van der Waals surface area contributed by atoms with Crippen LogP contribution in [0.15, 0.2) is 24.3 Å². The summed E-state index contributed by atoms with van der Waals surface area (Å²) in [6, 6.07) is 8.13. The largest absolute Gasteiger partial charge is 0.294 e. The number of carbonyl (C=O) groups is 1. The Morgan fingerprint density at radius 2 is 2.08 bits per heavy atom. The van der Waals surface area contributed by atoms with E-state index >= 15 is 0 Å². The van der Waals surface area contributed by atoms with Crippen molar-refractivity contribution in [2.45, 2.75) is 25.2 Å².